The summed E-state index contributed by atoms with van der Waals surface area (Å²) in [5, 5.41) is 12.2. The zero-order valence-corrected chi connectivity index (χ0v) is 13.9. The molecular weight excluding hydrogens is 274 g/mol. The third-order valence-electron chi connectivity index (χ3n) is 4.75. The maximum atomic E-state index is 12.6. The van der Waals surface area contributed by atoms with Crippen molar-refractivity contribution in [3.8, 4) is 0 Å². The monoisotopic (exact) mass is 303 g/mol. The van der Waals surface area contributed by atoms with Gasteiger partial charge in [0.25, 0.3) is 0 Å². The van der Waals surface area contributed by atoms with E-state index in [-0.39, 0.29) is 17.9 Å². The standard InChI is InChI=1S/C19H29NO2/c1-15(2)13-19(10-3-4-11-19)18(22)20-12-9-16-5-7-17(14-21)8-6-16/h5-8,15,21H,3-4,9-14H2,1-2H3,(H,20,22). The number of aliphatic hydroxyl groups is 1. The van der Waals surface area contributed by atoms with Crippen LogP contribution in [0.3, 0.4) is 0 Å². The van der Waals surface area contributed by atoms with Gasteiger partial charge in [0.1, 0.15) is 0 Å². The number of nitrogens with one attached hydrogen (secondary N) is 1. The molecule has 1 fully saturated rings. The number of hydrogen-bond donors (Lipinski definition) is 2. The van der Waals surface area contributed by atoms with Gasteiger partial charge in [-0.1, -0.05) is 51.0 Å². The highest BCUT2D eigenvalue weighted by molar-refractivity contribution is 5.82. The fourth-order valence-corrected chi connectivity index (χ4v) is 3.68. The van der Waals surface area contributed by atoms with E-state index in [1.165, 1.54) is 18.4 Å². The smallest absolute Gasteiger partial charge is 0.226 e. The fourth-order valence-electron chi connectivity index (χ4n) is 3.68. The molecule has 0 spiro atoms. The largest absolute Gasteiger partial charge is 0.392 e. The van der Waals surface area contributed by atoms with Crippen molar-refractivity contribution in [2.24, 2.45) is 11.3 Å². The molecule has 1 aromatic rings. The van der Waals surface area contributed by atoms with Gasteiger partial charge < -0.3 is 10.4 Å². The Bertz CT molecular complexity index is 473. The minimum absolute atomic E-state index is 0.0781. The third kappa shape index (κ3) is 4.33. The summed E-state index contributed by atoms with van der Waals surface area (Å²) in [5.74, 6) is 0.820. The summed E-state index contributed by atoms with van der Waals surface area (Å²) >= 11 is 0. The van der Waals surface area contributed by atoms with Gasteiger partial charge in [-0.15, -0.1) is 0 Å². The molecule has 0 saturated heterocycles. The van der Waals surface area contributed by atoms with Crippen LogP contribution in [0, 0.1) is 11.3 Å². The molecular formula is C19H29NO2. The van der Waals surface area contributed by atoms with Crippen LogP contribution < -0.4 is 5.32 Å². The molecule has 3 heteroatoms. The van der Waals surface area contributed by atoms with Gasteiger partial charge in [-0.05, 0) is 42.7 Å². The van der Waals surface area contributed by atoms with Crippen LogP contribution in [-0.2, 0) is 17.8 Å². The molecule has 122 valence electrons. The number of rotatable bonds is 7. The van der Waals surface area contributed by atoms with E-state index in [0.29, 0.717) is 12.5 Å². The van der Waals surface area contributed by atoms with E-state index in [0.717, 1.165) is 31.2 Å². The molecule has 2 N–H and O–H groups in total. The Kier molecular flexibility index (Phi) is 6.01. The second-order valence-corrected chi connectivity index (χ2v) is 7.07. The van der Waals surface area contributed by atoms with Gasteiger partial charge in [-0.25, -0.2) is 0 Å². The van der Waals surface area contributed by atoms with Crippen LogP contribution >= 0.6 is 0 Å². The van der Waals surface area contributed by atoms with Crippen LogP contribution in [0.1, 0.15) is 57.1 Å². The van der Waals surface area contributed by atoms with Crippen molar-refractivity contribution in [3.63, 3.8) is 0 Å². The highest BCUT2D eigenvalue weighted by Crippen LogP contribution is 2.43. The lowest BCUT2D eigenvalue weighted by Gasteiger charge is -2.29. The van der Waals surface area contributed by atoms with Gasteiger partial charge in [0, 0.05) is 12.0 Å². The third-order valence-corrected chi connectivity index (χ3v) is 4.75. The molecule has 22 heavy (non-hydrogen) atoms. The zero-order valence-electron chi connectivity index (χ0n) is 13.9. The number of carbonyl (C=O) groups excluding carboxylic acids is 1. The fraction of sp³-hybridized carbons (Fsp3) is 0.632. The van der Waals surface area contributed by atoms with E-state index in [2.05, 4.69) is 19.2 Å². The van der Waals surface area contributed by atoms with E-state index >= 15 is 0 Å². The Hall–Kier alpha value is -1.35. The Balaban J connectivity index is 1.85. The number of aliphatic hydroxyl groups excluding tert-OH is 1. The van der Waals surface area contributed by atoms with Crippen LogP contribution in [0.15, 0.2) is 24.3 Å². The van der Waals surface area contributed by atoms with Crippen LogP contribution in [-0.4, -0.2) is 17.6 Å². The molecule has 0 atom stereocenters. The van der Waals surface area contributed by atoms with Gasteiger partial charge in [0.15, 0.2) is 0 Å². The summed E-state index contributed by atoms with van der Waals surface area (Å²) in [4.78, 5) is 12.6. The summed E-state index contributed by atoms with van der Waals surface area (Å²) in [6.07, 6.45) is 6.30. The lowest BCUT2D eigenvalue weighted by molar-refractivity contribution is -0.131. The number of benzene rings is 1. The summed E-state index contributed by atoms with van der Waals surface area (Å²) in [5.41, 5.74) is 2.01. The predicted molar refractivity (Wildman–Crippen MR) is 89.4 cm³/mol. The summed E-state index contributed by atoms with van der Waals surface area (Å²) in [6.45, 7) is 5.18. The van der Waals surface area contributed by atoms with Crippen LogP contribution in [0.25, 0.3) is 0 Å². The van der Waals surface area contributed by atoms with Crippen molar-refractivity contribution in [2.75, 3.05) is 6.54 Å². The molecule has 1 aliphatic rings. The highest BCUT2D eigenvalue weighted by Gasteiger charge is 2.40. The Morgan fingerprint density at radius 2 is 1.77 bits per heavy atom. The molecule has 1 aliphatic carbocycles. The second-order valence-electron chi connectivity index (χ2n) is 7.07. The Labute approximate surface area is 134 Å². The van der Waals surface area contributed by atoms with Crippen molar-refractivity contribution in [1.29, 1.82) is 0 Å². The summed E-state index contributed by atoms with van der Waals surface area (Å²) in [6, 6.07) is 7.93. The first-order valence-corrected chi connectivity index (χ1v) is 8.53. The first-order chi connectivity index (χ1) is 10.6. The normalized spacial score (nSPS) is 16.9. The minimum atomic E-state index is -0.116. The minimum Gasteiger partial charge on any atom is -0.392 e. The SMILES string of the molecule is CC(C)CC1(C(=O)NCCc2ccc(CO)cc2)CCCC1. The van der Waals surface area contributed by atoms with Gasteiger partial charge in [0.05, 0.1) is 6.61 Å². The highest BCUT2D eigenvalue weighted by atomic mass is 16.3. The van der Waals surface area contributed by atoms with E-state index in [1.807, 2.05) is 24.3 Å². The van der Waals surface area contributed by atoms with Crippen molar-refractivity contribution >= 4 is 5.91 Å². The molecule has 0 aliphatic heterocycles. The lowest BCUT2D eigenvalue weighted by atomic mass is 9.77. The second kappa shape index (κ2) is 7.77. The quantitative estimate of drug-likeness (QED) is 0.810. The maximum absolute atomic E-state index is 12.6. The molecule has 0 unspecified atom stereocenters. The van der Waals surface area contributed by atoms with E-state index in [9.17, 15) is 4.79 Å². The van der Waals surface area contributed by atoms with Crippen molar-refractivity contribution in [3.05, 3.63) is 35.4 Å². The van der Waals surface area contributed by atoms with Crippen LogP contribution in [0.5, 0.6) is 0 Å². The molecule has 0 radical (unpaired) electrons. The van der Waals surface area contributed by atoms with Crippen molar-refractivity contribution in [2.45, 2.75) is 59.0 Å². The Morgan fingerprint density at radius 1 is 1.18 bits per heavy atom. The van der Waals surface area contributed by atoms with Gasteiger partial charge >= 0.3 is 0 Å². The predicted octanol–water partition coefficient (Wildman–Crippen LogP) is 3.44. The Morgan fingerprint density at radius 3 is 2.32 bits per heavy atom. The van der Waals surface area contributed by atoms with Crippen LogP contribution in [0.4, 0.5) is 0 Å². The zero-order chi connectivity index (χ0) is 16.0. The molecule has 1 aromatic carbocycles. The summed E-state index contributed by atoms with van der Waals surface area (Å²) in [7, 11) is 0. The first kappa shape index (κ1) is 17.0. The van der Waals surface area contributed by atoms with Gasteiger partial charge in [-0.3, -0.25) is 4.79 Å². The molecule has 1 saturated carbocycles. The number of hydrogen-bond acceptors (Lipinski definition) is 2. The number of carbonyl (C=O) groups is 1. The molecule has 2 rings (SSSR count). The van der Waals surface area contributed by atoms with Crippen molar-refractivity contribution in [1.82, 2.24) is 5.32 Å². The summed E-state index contributed by atoms with van der Waals surface area (Å²) < 4.78 is 0. The average Bonchev–Trinajstić information content (AvgIpc) is 2.97. The van der Waals surface area contributed by atoms with Crippen LogP contribution in [0.2, 0.25) is 0 Å². The number of amides is 1. The van der Waals surface area contributed by atoms with E-state index in [1.54, 1.807) is 0 Å². The first-order valence-electron chi connectivity index (χ1n) is 8.53. The maximum Gasteiger partial charge on any atom is 0.226 e. The average molecular weight is 303 g/mol. The molecule has 1 amide bonds. The molecule has 3 nitrogen and oxygen atoms in total. The van der Waals surface area contributed by atoms with E-state index in [4.69, 9.17) is 5.11 Å². The molecule has 0 aromatic heterocycles. The van der Waals surface area contributed by atoms with Gasteiger partial charge in [0.2, 0.25) is 5.91 Å². The molecule has 0 bridgehead atoms. The topological polar surface area (TPSA) is 49.3 Å². The van der Waals surface area contributed by atoms with E-state index < -0.39 is 0 Å². The van der Waals surface area contributed by atoms with Gasteiger partial charge in [-0.2, -0.15) is 0 Å². The van der Waals surface area contributed by atoms with Crippen molar-refractivity contribution < 1.29 is 9.90 Å². The molecule has 0 heterocycles. The lowest BCUT2D eigenvalue weighted by Crippen LogP contribution is -2.41.